The van der Waals surface area contributed by atoms with Gasteiger partial charge in [-0.05, 0) is 0 Å². The summed E-state index contributed by atoms with van der Waals surface area (Å²) in [5.41, 5.74) is 0.974. The predicted octanol–water partition coefficient (Wildman–Crippen LogP) is 0.126. The third kappa shape index (κ3) is 2.17. The molecule has 2 aromatic rings. The summed E-state index contributed by atoms with van der Waals surface area (Å²) in [4.78, 5) is 10.9. The molecule has 0 atom stereocenters. The number of fused-ring (bicyclic) bond motifs is 1. The Morgan fingerprint density at radius 1 is 1.28 bits per heavy atom. The molecule has 1 N–H and O–H groups in total. The number of rotatable bonds is 3. The van der Waals surface area contributed by atoms with E-state index in [1.54, 1.807) is 12.5 Å². The molecule has 7 heteroatoms. The van der Waals surface area contributed by atoms with E-state index in [9.17, 15) is 0 Å². The predicted molar refractivity (Wildman–Crippen MR) is 65.7 cm³/mol. The maximum atomic E-state index is 4.38. The van der Waals surface area contributed by atoms with Gasteiger partial charge in [0.1, 0.15) is 18.0 Å². The van der Waals surface area contributed by atoms with Crippen molar-refractivity contribution in [2.24, 2.45) is 0 Å². The third-order valence-electron chi connectivity index (χ3n) is 3.06. The molecule has 94 valence electrons. The first kappa shape index (κ1) is 11.1. The average Bonchev–Trinajstić information content (AvgIpc) is 2.87. The van der Waals surface area contributed by atoms with Crippen molar-refractivity contribution < 1.29 is 0 Å². The highest BCUT2D eigenvalue weighted by Gasteiger charge is 2.17. The zero-order chi connectivity index (χ0) is 12.4. The van der Waals surface area contributed by atoms with Crippen molar-refractivity contribution in [3.63, 3.8) is 0 Å². The quantitative estimate of drug-likeness (QED) is 0.828. The Hall–Kier alpha value is -2.02. The molecule has 0 amide bonds. The highest BCUT2D eigenvalue weighted by molar-refractivity contribution is 5.29. The van der Waals surface area contributed by atoms with Crippen LogP contribution in [-0.2, 0) is 19.6 Å². The van der Waals surface area contributed by atoms with Crippen molar-refractivity contribution in [3.05, 3.63) is 30.2 Å². The second-order valence-electron chi connectivity index (χ2n) is 4.29. The fourth-order valence-electron chi connectivity index (χ4n) is 2.05. The fourth-order valence-corrected chi connectivity index (χ4v) is 2.05. The molecule has 1 aliphatic heterocycles. The van der Waals surface area contributed by atoms with Gasteiger partial charge in [-0.3, -0.25) is 9.88 Å². The molecule has 18 heavy (non-hydrogen) atoms. The highest BCUT2D eigenvalue weighted by Crippen LogP contribution is 2.12. The van der Waals surface area contributed by atoms with Gasteiger partial charge in [0.2, 0.25) is 0 Å². The van der Waals surface area contributed by atoms with E-state index in [2.05, 4.69) is 34.9 Å². The van der Waals surface area contributed by atoms with Crippen LogP contribution in [0.25, 0.3) is 0 Å². The molecule has 0 radical (unpaired) electrons. The number of hydrogen-bond acceptors (Lipinski definition) is 6. The topological polar surface area (TPSA) is 71.8 Å². The van der Waals surface area contributed by atoms with E-state index in [1.165, 1.54) is 0 Å². The molecule has 1 aliphatic rings. The van der Waals surface area contributed by atoms with Gasteiger partial charge in [-0.25, -0.2) is 4.98 Å². The number of anilines is 1. The van der Waals surface area contributed by atoms with E-state index in [0.29, 0.717) is 0 Å². The molecule has 0 aliphatic carbocycles. The van der Waals surface area contributed by atoms with Crippen LogP contribution in [0.1, 0.15) is 11.5 Å². The van der Waals surface area contributed by atoms with E-state index >= 15 is 0 Å². The van der Waals surface area contributed by atoms with Gasteiger partial charge in [0.25, 0.3) is 0 Å². The number of nitrogens with one attached hydrogen (secondary N) is 1. The van der Waals surface area contributed by atoms with Crippen LogP contribution in [0.2, 0.25) is 0 Å². The molecule has 3 heterocycles. The van der Waals surface area contributed by atoms with Crippen LogP contribution in [0, 0.1) is 0 Å². The smallest absolute Gasteiger partial charge is 0.147 e. The highest BCUT2D eigenvalue weighted by atomic mass is 15.3. The van der Waals surface area contributed by atoms with E-state index in [1.807, 2.05) is 13.2 Å². The minimum absolute atomic E-state index is 0.789. The third-order valence-corrected chi connectivity index (χ3v) is 3.06. The largest absolute Gasteiger partial charge is 0.372 e. The van der Waals surface area contributed by atoms with Crippen LogP contribution in [0.3, 0.4) is 0 Å². The fraction of sp³-hybridized carbons (Fsp3) is 0.455. The van der Waals surface area contributed by atoms with E-state index in [4.69, 9.17) is 0 Å². The second-order valence-corrected chi connectivity index (χ2v) is 4.29. The Morgan fingerprint density at radius 3 is 3.00 bits per heavy atom. The first-order valence-corrected chi connectivity index (χ1v) is 5.93. The van der Waals surface area contributed by atoms with Gasteiger partial charge in [0.05, 0.1) is 24.6 Å². The Balaban J connectivity index is 1.67. The number of hydrogen-bond donors (Lipinski definition) is 1. The van der Waals surface area contributed by atoms with Crippen molar-refractivity contribution in [3.8, 4) is 0 Å². The van der Waals surface area contributed by atoms with Crippen LogP contribution < -0.4 is 5.32 Å². The van der Waals surface area contributed by atoms with Gasteiger partial charge < -0.3 is 9.88 Å². The molecule has 0 unspecified atom stereocenters. The molecule has 0 bridgehead atoms. The summed E-state index contributed by atoms with van der Waals surface area (Å²) < 4.78 is 2.09. The van der Waals surface area contributed by atoms with Gasteiger partial charge in [0, 0.05) is 26.7 Å². The van der Waals surface area contributed by atoms with Crippen LogP contribution in [0.15, 0.2) is 18.7 Å². The monoisotopic (exact) mass is 245 g/mol. The summed E-state index contributed by atoms with van der Waals surface area (Å²) in [6.45, 7) is 3.53. The minimum atomic E-state index is 0.789. The van der Waals surface area contributed by atoms with Crippen molar-refractivity contribution >= 4 is 5.82 Å². The molecular weight excluding hydrogens is 230 g/mol. The van der Waals surface area contributed by atoms with Crippen molar-refractivity contribution in [1.82, 2.24) is 29.6 Å². The number of aromatic nitrogens is 5. The summed E-state index contributed by atoms with van der Waals surface area (Å²) in [6, 6.07) is 0. The Morgan fingerprint density at radius 2 is 2.22 bits per heavy atom. The lowest BCUT2D eigenvalue weighted by Crippen LogP contribution is -2.33. The summed E-state index contributed by atoms with van der Waals surface area (Å²) in [7, 11) is 1.83. The molecule has 0 fully saturated rings. The van der Waals surface area contributed by atoms with Gasteiger partial charge in [-0.15, -0.1) is 10.2 Å². The standard InChI is InChI=1S/C11H15N7/c1-12-10-5-13-9(4-14-10)6-17-2-3-18-8-15-16-11(18)7-17/h4-5,8H,2-3,6-7H2,1H3,(H,12,14). The molecule has 0 spiro atoms. The van der Waals surface area contributed by atoms with Crippen LogP contribution >= 0.6 is 0 Å². The van der Waals surface area contributed by atoms with Crippen LogP contribution in [0.5, 0.6) is 0 Å². The number of nitrogens with zero attached hydrogens (tertiary/aromatic N) is 6. The molecule has 0 saturated carbocycles. The lowest BCUT2D eigenvalue weighted by atomic mass is 10.3. The van der Waals surface area contributed by atoms with Gasteiger partial charge in [-0.1, -0.05) is 0 Å². The Kier molecular flexibility index (Phi) is 2.89. The maximum Gasteiger partial charge on any atom is 0.147 e. The first-order chi connectivity index (χ1) is 8.85. The average molecular weight is 245 g/mol. The molecule has 0 saturated heterocycles. The zero-order valence-corrected chi connectivity index (χ0v) is 10.2. The molecule has 7 nitrogen and oxygen atoms in total. The van der Waals surface area contributed by atoms with Crippen molar-refractivity contribution in [2.75, 3.05) is 18.9 Å². The lowest BCUT2D eigenvalue weighted by molar-refractivity contribution is 0.206. The van der Waals surface area contributed by atoms with Crippen molar-refractivity contribution in [1.29, 1.82) is 0 Å². The van der Waals surface area contributed by atoms with Gasteiger partial charge in [0.15, 0.2) is 0 Å². The summed E-state index contributed by atoms with van der Waals surface area (Å²) in [6.07, 6.45) is 5.35. The van der Waals surface area contributed by atoms with E-state index in [0.717, 1.165) is 43.5 Å². The minimum Gasteiger partial charge on any atom is -0.372 e. The molecular formula is C11H15N7. The van der Waals surface area contributed by atoms with Crippen molar-refractivity contribution in [2.45, 2.75) is 19.6 Å². The molecule has 3 rings (SSSR count). The van der Waals surface area contributed by atoms with Crippen LogP contribution in [0.4, 0.5) is 5.82 Å². The Labute approximate surface area is 105 Å². The molecule has 0 aromatic carbocycles. The Bertz CT molecular complexity index is 518. The summed E-state index contributed by atoms with van der Waals surface area (Å²) in [5, 5.41) is 11.0. The first-order valence-electron chi connectivity index (χ1n) is 5.93. The van der Waals surface area contributed by atoms with Gasteiger partial charge >= 0.3 is 0 Å². The van der Waals surface area contributed by atoms with Gasteiger partial charge in [-0.2, -0.15) is 0 Å². The van der Waals surface area contributed by atoms with Crippen LogP contribution in [-0.4, -0.2) is 43.2 Å². The summed E-state index contributed by atoms with van der Waals surface area (Å²) >= 11 is 0. The molecule has 2 aromatic heterocycles. The SMILES string of the molecule is CNc1cnc(CN2CCn3cnnc3C2)cn1. The normalized spacial score (nSPS) is 15.4. The van der Waals surface area contributed by atoms with E-state index < -0.39 is 0 Å². The van der Waals surface area contributed by atoms with E-state index in [-0.39, 0.29) is 0 Å². The lowest BCUT2D eigenvalue weighted by Gasteiger charge is -2.26. The zero-order valence-electron chi connectivity index (χ0n) is 10.2. The summed E-state index contributed by atoms with van der Waals surface area (Å²) in [5.74, 6) is 1.80. The second kappa shape index (κ2) is 4.69. The maximum absolute atomic E-state index is 4.38.